The monoisotopic (exact) mass is 444 g/mol. The second kappa shape index (κ2) is 9.83. The zero-order valence-corrected chi connectivity index (χ0v) is 19.5. The summed E-state index contributed by atoms with van der Waals surface area (Å²) >= 11 is 0. The second-order valence-corrected chi connectivity index (χ2v) is 10.2. The van der Waals surface area contributed by atoms with Gasteiger partial charge in [-0.2, -0.15) is 4.31 Å². The summed E-state index contributed by atoms with van der Waals surface area (Å²) in [6.07, 6.45) is 2.23. The van der Waals surface area contributed by atoms with Gasteiger partial charge in [0.25, 0.3) is 0 Å². The van der Waals surface area contributed by atoms with E-state index in [9.17, 15) is 13.2 Å². The van der Waals surface area contributed by atoms with Gasteiger partial charge in [-0.1, -0.05) is 39.0 Å². The van der Waals surface area contributed by atoms with Crippen molar-refractivity contribution in [1.82, 2.24) is 4.31 Å². The van der Waals surface area contributed by atoms with E-state index in [-0.39, 0.29) is 23.3 Å². The Labute approximate surface area is 185 Å². The van der Waals surface area contributed by atoms with Crippen molar-refractivity contribution in [1.29, 1.82) is 0 Å². The molecule has 0 spiro atoms. The summed E-state index contributed by atoms with van der Waals surface area (Å²) in [5.41, 5.74) is 2.86. The molecule has 31 heavy (non-hydrogen) atoms. The van der Waals surface area contributed by atoms with Gasteiger partial charge < -0.3 is 10.1 Å². The lowest BCUT2D eigenvalue weighted by Gasteiger charge is -2.31. The summed E-state index contributed by atoms with van der Waals surface area (Å²) in [4.78, 5) is 13.0. The van der Waals surface area contributed by atoms with Crippen LogP contribution in [0, 0.1) is 5.92 Å². The van der Waals surface area contributed by atoms with Gasteiger partial charge in [-0.05, 0) is 60.6 Å². The zero-order valence-electron chi connectivity index (χ0n) is 18.7. The third kappa shape index (κ3) is 5.28. The van der Waals surface area contributed by atoms with Crippen LogP contribution in [0.2, 0.25) is 0 Å². The number of anilines is 1. The highest BCUT2D eigenvalue weighted by Crippen LogP contribution is 2.32. The number of benzene rings is 2. The number of amides is 1. The number of aryl methyl sites for hydroxylation is 1. The average molecular weight is 445 g/mol. The minimum Gasteiger partial charge on any atom is -0.495 e. The van der Waals surface area contributed by atoms with Gasteiger partial charge >= 0.3 is 0 Å². The fourth-order valence-corrected chi connectivity index (χ4v) is 5.55. The number of methoxy groups -OCH3 is 1. The first-order chi connectivity index (χ1) is 14.8. The van der Waals surface area contributed by atoms with Crippen LogP contribution < -0.4 is 10.1 Å². The molecule has 0 unspecified atom stereocenters. The molecule has 1 heterocycles. The maximum Gasteiger partial charge on any atom is 0.246 e. The van der Waals surface area contributed by atoms with Crippen LogP contribution in [0.1, 0.15) is 50.7 Å². The molecule has 1 atom stereocenters. The van der Waals surface area contributed by atoms with Crippen LogP contribution >= 0.6 is 0 Å². The van der Waals surface area contributed by atoms with Crippen LogP contribution in [0.3, 0.4) is 0 Å². The van der Waals surface area contributed by atoms with E-state index >= 15 is 0 Å². The molecule has 6 nitrogen and oxygen atoms in total. The standard InChI is InChI=1S/C24H32N2O4S/c1-5-18-8-11-21(12-9-18)25-24(27)20-7-6-14-26(16-20)31(28,29)23-15-19(17(2)3)10-13-22(23)30-4/h8-13,15,17,20H,5-7,14,16H2,1-4H3,(H,25,27)/t20-/m1/s1. The van der Waals surface area contributed by atoms with Crippen LogP contribution in [0.25, 0.3) is 0 Å². The van der Waals surface area contributed by atoms with Crippen molar-refractivity contribution in [3.05, 3.63) is 53.6 Å². The fourth-order valence-electron chi connectivity index (χ4n) is 3.84. The largest absolute Gasteiger partial charge is 0.495 e. The molecule has 1 aliphatic rings. The van der Waals surface area contributed by atoms with E-state index in [1.807, 2.05) is 44.2 Å². The lowest BCUT2D eigenvalue weighted by molar-refractivity contribution is -0.120. The summed E-state index contributed by atoms with van der Waals surface area (Å²) in [5, 5.41) is 2.94. The SMILES string of the molecule is CCc1ccc(NC(=O)[C@@H]2CCCN(S(=O)(=O)c3cc(C(C)C)ccc3OC)C2)cc1. The van der Waals surface area contributed by atoms with Crippen LogP contribution in [0.5, 0.6) is 5.75 Å². The van der Waals surface area contributed by atoms with E-state index in [4.69, 9.17) is 4.74 Å². The number of rotatable bonds is 7. The van der Waals surface area contributed by atoms with Gasteiger partial charge in [-0.3, -0.25) is 4.79 Å². The van der Waals surface area contributed by atoms with E-state index in [0.29, 0.717) is 25.1 Å². The van der Waals surface area contributed by atoms with Crippen LogP contribution in [0.4, 0.5) is 5.69 Å². The Morgan fingerprint density at radius 2 is 1.90 bits per heavy atom. The maximum atomic E-state index is 13.5. The molecule has 168 valence electrons. The molecule has 1 saturated heterocycles. The fraction of sp³-hybridized carbons (Fsp3) is 0.458. The van der Waals surface area contributed by atoms with Crippen LogP contribution in [0.15, 0.2) is 47.4 Å². The highest BCUT2D eigenvalue weighted by Gasteiger charge is 2.35. The van der Waals surface area contributed by atoms with Gasteiger partial charge in [-0.25, -0.2) is 8.42 Å². The smallest absolute Gasteiger partial charge is 0.246 e. The summed E-state index contributed by atoms with van der Waals surface area (Å²) in [5.74, 6) is -0.0217. The number of hydrogen-bond donors (Lipinski definition) is 1. The number of carbonyl (C=O) groups is 1. The van der Waals surface area contributed by atoms with E-state index in [2.05, 4.69) is 12.2 Å². The minimum absolute atomic E-state index is 0.146. The average Bonchev–Trinajstić information content (AvgIpc) is 2.79. The van der Waals surface area contributed by atoms with E-state index < -0.39 is 15.9 Å². The Hall–Kier alpha value is -2.38. The third-order valence-corrected chi connectivity index (χ3v) is 7.74. The molecule has 1 N–H and O–H groups in total. The van der Waals surface area contributed by atoms with E-state index in [1.165, 1.54) is 17.0 Å². The quantitative estimate of drug-likeness (QED) is 0.686. The molecule has 1 fully saturated rings. The number of carbonyl (C=O) groups excluding carboxylic acids is 1. The molecule has 7 heteroatoms. The molecule has 1 amide bonds. The van der Waals surface area contributed by atoms with Gasteiger partial charge in [0.05, 0.1) is 13.0 Å². The van der Waals surface area contributed by atoms with Gasteiger partial charge in [0, 0.05) is 18.8 Å². The lowest BCUT2D eigenvalue weighted by Crippen LogP contribution is -2.43. The number of nitrogens with zero attached hydrogens (tertiary/aromatic N) is 1. The van der Waals surface area contributed by atoms with Crippen molar-refractivity contribution in [3.63, 3.8) is 0 Å². The molecule has 2 aromatic rings. The predicted molar refractivity (Wildman–Crippen MR) is 123 cm³/mol. The van der Waals surface area contributed by atoms with Crippen molar-refractivity contribution in [3.8, 4) is 5.75 Å². The number of ether oxygens (including phenoxy) is 1. The van der Waals surface area contributed by atoms with Crippen LogP contribution in [-0.2, 0) is 21.2 Å². The first kappa shape index (κ1) is 23.3. The molecule has 3 rings (SSSR count). The van der Waals surface area contributed by atoms with Crippen molar-refractivity contribution in [2.75, 3.05) is 25.5 Å². The Balaban J connectivity index is 1.78. The number of sulfonamides is 1. The molecule has 2 aromatic carbocycles. The Bertz CT molecular complexity index is 1020. The molecular formula is C24H32N2O4S. The molecule has 1 aliphatic heterocycles. The van der Waals surface area contributed by atoms with Gasteiger partial charge in [0.2, 0.25) is 15.9 Å². The third-order valence-electron chi connectivity index (χ3n) is 5.86. The van der Waals surface area contributed by atoms with Gasteiger partial charge in [0.1, 0.15) is 10.6 Å². The first-order valence-electron chi connectivity index (χ1n) is 10.8. The molecule has 0 aromatic heterocycles. The maximum absolute atomic E-state index is 13.5. The lowest BCUT2D eigenvalue weighted by atomic mass is 9.98. The van der Waals surface area contributed by atoms with Crippen molar-refractivity contribution >= 4 is 21.6 Å². The molecular weight excluding hydrogens is 412 g/mol. The van der Waals surface area contributed by atoms with Crippen LogP contribution in [-0.4, -0.2) is 38.8 Å². The molecule has 0 aliphatic carbocycles. The number of nitrogens with one attached hydrogen (secondary N) is 1. The summed E-state index contributed by atoms with van der Waals surface area (Å²) in [6.45, 7) is 6.68. The summed E-state index contributed by atoms with van der Waals surface area (Å²) in [6, 6.07) is 13.0. The Kier molecular flexibility index (Phi) is 7.38. The predicted octanol–water partition coefficient (Wildman–Crippen LogP) is 4.42. The van der Waals surface area contributed by atoms with Gasteiger partial charge in [0.15, 0.2) is 0 Å². The van der Waals surface area contributed by atoms with Crippen molar-refractivity contribution in [2.45, 2.75) is 50.8 Å². The highest BCUT2D eigenvalue weighted by atomic mass is 32.2. The minimum atomic E-state index is -3.78. The molecule has 0 radical (unpaired) electrons. The number of hydrogen-bond acceptors (Lipinski definition) is 4. The van der Waals surface area contributed by atoms with E-state index in [0.717, 1.165) is 17.7 Å². The normalized spacial score (nSPS) is 17.5. The van der Waals surface area contributed by atoms with Crippen molar-refractivity contribution in [2.24, 2.45) is 5.92 Å². The Morgan fingerprint density at radius 3 is 2.52 bits per heavy atom. The summed E-state index contributed by atoms with van der Waals surface area (Å²) < 4.78 is 33.7. The second-order valence-electron chi connectivity index (χ2n) is 8.31. The van der Waals surface area contributed by atoms with E-state index in [1.54, 1.807) is 12.1 Å². The summed E-state index contributed by atoms with van der Waals surface area (Å²) in [7, 11) is -2.31. The Morgan fingerprint density at radius 1 is 1.19 bits per heavy atom. The van der Waals surface area contributed by atoms with Crippen molar-refractivity contribution < 1.29 is 17.9 Å². The van der Waals surface area contributed by atoms with Gasteiger partial charge in [-0.15, -0.1) is 0 Å². The first-order valence-corrected chi connectivity index (χ1v) is 12.3. The molecule has 0 bridgehead atoms. The number of piperidine rings is 1. The highest BCUT2D eigenvalue weighted by molar-refractivity contribution is 7.89. The zero-order chi connectivity index (χ0) is 22.6. The topological polar surface area (TPSA) is 75.7 Å². The molecule has 0 saturated carbocycles.